The monoisotopic (exact) mass is 226 g/mol. The molecule has 0 amide bonds. The molecule has 90 valence electrons. The van der Waals surface area contributed by atoms with Crippen LogP contribution in [0.1, 0.15) is 38.5 Å². The number of halogens is 1. The van der Waals surface area contributed by atoms with Crippen LogP contribution in [0.2, 0.25) is 0 Å². The van der Waals surface area contributed by atoms with Crippen LogP contribution in [0.4, 0.5) is 4.39 Å². The van der Waals surface area contributed by atoms with Gasteiger partial charge >= 0.3 is 0 Å². The maximum absolute atomic E-state index is 13.8. The summed E-state index contributed by atoms with van der Waals surface area (Å²) in [7, 11) is 0. The topological polar surface area (TPSA) is 18.5 Å². The van der Waals surface area contributed by atoms with Gasteiger partial charge in [-0.3, -0.25) is 0 Å². The largest absolute Gasteiger partial charge is 0.353 e. The molecule has 0 spiro atoms. The molecule has 0 bridgehead atoms. The van der Waals surface area contributed by atoms with E-state index < -0.39 is 6.17 Å². The molecule has 16 heavy (non-hydrogen) atoms. The number of ether oxygens (including phenoxy) is 2. The van der Waals surface area contributed by atoms with Crippen molar-refractivity contribution in [1.29, 1.82) is 0 Å². The van der Waals surface area contributed by atoms with Gasteiger partial charge in [0.25, 0.3) is 0 Å². The molecule has 2 fully saturated rings. The second kappa shape index (κ2) is 5.65. The van der Waals surface area contributed by atoms with Gasteiger partial charge in [0.05, 0.1) is 6.10 Å². The fraction of sp³-hybridized carbons (Fsp3) is 0.846. The Morgan fingerprint density at radius 2 is 2.12 bits per heavy atom. The maximum atomic E-state index is 13.8. The molecule has 0 N–H and O–H groups in total. The molecule has 1 aliphatic heterocycles. The third kappa shape index (κ3) is 2.96. The van der Waals surface area contributed by atoms with Crippen LogP contribution >= 0.6 is 0 Å². The van der Waals surface area contributed by atoms with Crippen molar-refractivity contribution in [2.75, 3.05) is 6.61 Å². The van der Waals surface area contributed by atoms with E-state index in [1.807, 2.05) is 0 Å². The van der Waals surface area contributed by atoms with Crippen LogP contribution in [0.15, 0.2) is 0 Å². The van der Waals surface area contributed by atoms with E-state index in [9.17, 15) is 4.39 Å². The Morgan fingerprint density at radius 1 is 1.25 bits per heavy atom. The predicted molar refractivity (Wildman–Crippen MR) is 59.5 cm³/mol. The second-order valence-corrected chi connectivity index (χ2v) is 4.66. The molecule has 4 atom stereocenters. The third-order valence-corrected chi connectivity index (χ3v) is 3.41. The minimum absolute atomic E-state index is 0.0853. The maximum Gasteiger partial charge on any atom is 0.158 e. The van der Waals surface area contributed by atoms with Crippen molar-refractivity contribution in [3.63, 3.8) is 0 Å². The van der Waals surface area contributed by atoms with Gasteiger partial charge in [-0.1, -0.05) is 0 Å². The molecular formula is C13H19FO2. The molecular weight excluding hydrogens is 207 g/mol. The molecule has 0 aromatic carbocycles. The average molecular weight is 226 g/mol. The first-order valence-electron chi connectivity index (χ1n) is 6.17. The Bertz CT molecular complexity index is 255. The van der Waals surface area contributed by atoms with Crippen LogP contribution in [-0.2, 0) is 9.47 Å². The van der Waals surface area contributed by atoms with Crippen LogP contribution in [0.25, 0.3) is 0 Å². The van der Waals surface area contributed by atoms with Gasteiger partial charge in [-0.15, -0.1) is 12.3 Å². The Labute approximate surface area is 96.5 Å². The first kappa shape index (κ1) is 11.9. The standard InChI is InChI=1S/C13H19FO2/c1-2-10-6-7-12(11(14)9-10)16-13-5-3-4-8-15-13/h1,10-13H,3-9H2. The molecule has 0 aromatic heterocycles. The lowest BCUT2D eigenvalue weighted by atomic mass is 9.86. The van der Waals surface area contributed by atoms with E-state index in [1.54, 1.807) is 0 Å². The second-order valence-electron chi connectivity index (χ2n) is 4.66. The van der Waals surface area contributed by atoms with E-state index in [1.165, 1.54) is 0 Å². The average Bonchev–Trinajstić information content (AvgIpc) is 2.33. The molecule has 0 aromatic rings. The van der Waals surface area contributed by atoms with Gasteiger partial charge in [-0.05, 0) is 38.5 Å². The van der Waals surface area contributed by atoms with Gasteiger partial charge in [0.2, 0.25) is 0 Å². The summed E-state index contributed by atoms with van der Waals surface area (Å²) in [6, 6.07) is 0. The van der Waals surface area contributed by atoms with E-state index in [4.69, 9.17) is 15.9 Å². The summed E-state index contributed by atoms with van der Waals surface area (Å²) in [5.74, 6) is 2.72. The van der Waals surface area contributed by atoms with E-state index in [0.29, 0.717) is 6.42 Å². The van der Waals surface area contributed by atoms with E-state index >= 15 is 0 Å². The normalized spacial score (nSPS) is 40.2. The number of rotatable bonds is 2. The van der Waals surface area contributed by atoms with Gasteiger partial charge in [0.15, 0.2) is 6.29 Å². The van der Waals surface area contributed by atoms with E-state index in [0.717, 1.165) is 38.7 Å². The zero-order valence-corrected chi connectivity index (χ0v) is 9.53. The first-order valence-corrected chi connectivity index (χ1v) is 6.17. The summed E-state index contributed by atoms with van der Waals surface area (Å²) in [6.45, 7) is 0.737. The molecule has 2 aliphatic rings. The molecule has 2 nitrogen and oxygen atoms in total. The van der Waals surface area contributed by atoms with Gasteiger partial charge in [-0.2, -0.15) is 0 Å². The smallest absolute Gasteiger partial charge is 0.158 e. The van der Waals surface area contributed by atoms with Crippen LogP contribution in [0, 0.1) is 18.3 Å². The Morgan fingerprint density at radius 3 is 2.75 bits per heavy atom. The van der Waals surface area contributed by atoms with Crippen molar-refractivity contribution in [3.8, 4) is 12.3 Å². The lowest BCUT2D eigenvalue weighted by molar-refractivity contribution is -0.206. The number of terminal acetylenes is 1. The van der Waals surface area contributed by atoms with E-state index in [-0.39, 0.29) is 18.3 Å². The lowest BCUT2D eigenvalue weighted by Gasteiger charge is -2.33. The zero-order chi connectivity index (χ0) is 11.4. The summed E-state index contributed by atoms with van der Waals surface area (Å²) >= 11 is 0. The molecule has 2 rings (SSSR count). The number of hydrogen-bond acceptors (Lipinski definition) is 2. The Hall–Kier alpha value is -0.590. The third-order valence-electron chi connectivity index (χ3n) is 3.41. The van der Waals surface area contributed by atoms with Crippen LogP contribution in [0.3, 0.4) is 0 Å². The fourth-order valence-electron chi connectivity index (χ4n) is 2.41. The molecule has 3 heteroatoms. The highest BCUT2D eigenvalue weighted by Crippen LogP contribution is 2.30. The summed E-state index contributed by atoms with van der Waals surface area (Å²) in [6.07, 6.45) is 8.99. The SMILES string of the molecule is C#CC1CCC(OC2CCCCO2)C(F)C1. The lowest BCUT2D eigenvalue weighted by Crippen LogP contribution is -2.37. The fourth-order valence-corrected chi connectivity index (χ4v) is 2.41. The number of alkyl halides is 1. The molecule has 1 aliphatic carbocycles. The summed E-state index contributed by atoms with van der Waals surface area (Å²) in [5, 5.41) is 0. The van der Waals surface area contributed by atoms with Crippen molar-refractivity contribution in [2.45, 2.75) is 57.1 Å². The zero-order valence-electron chi connectivity index (χ0n) is 9.53. The highest BCUT2D eigenvalue weighted by atomic mass is 19.1. The highest BCUT2D eigenvalue weighted by molar-refractivity contribution is 4.98. The molecule has 4 unspecified atom stereocenters. The minimum atomic E-state index is -0.930. The van der Waals surface area contributed by atoms with Crippen LogP contribution in [0.5, 0.6) is 0 Å². The predicted octanol–water partition coefficient (Wildman–Crippen LogP) is 2.67. The Kier molecular flexibility index (Phi) is 4.20. The van der Waals surface area contributed by atoms with E-state index in [2.05, 4.69) is 5.92 Å². The van der Waals surface area contributed by atoms with Crippen molar-refractivity contribution in [3.05, 3.63) is 0 Å². The molecule has 0 radical (unpaired) electrons. The summed E-state index contributed by atoms with van der Waals surface area (Å²) in [5.41, 5.74) is 0. The summed E-state index contributed by atoms with van der Waals surface area (Å²) in [4.78, 5) is 0. The van der Waals surface area contributed by atoms with Crippen molar-refractivity contribution < 1.29 is 13.9 Å². The van der Waals surface area contributed by atoms with Crippen LogP contribution in [-0.4, -0.2) is 25.2 Å². The molecule has 1 heterocycles. The summed E-state index contributed by atoms with van der Waals surface area (Å²) < 4.78 is 24.9. The van der Waals surface area contributed by atoms with Gasteiger partial charge in [0, 0.05) is 12.5 Å². The van der Waals surface area contributed by atoms with Gasteiger partial charge in [-0.25, -0.2) is 4.39 Å². The van der Waals surface area contributed by atoms with Crippen molar-refractivity contribution in [1.82, 2.24) is 0 Å². The first-order chi connectivity index (χ1) is 7.79. The Balaban J connectivity index is 1.79. The van der Waals surface area contributed by atoms with Gasteiger partial charge in [0.1, 0.15) is 6.17 Å². The van der Waals surface area contributed by atoms with Crippen LogP contribution < -0.4 is 0 Å². The number of hydrogen-bond donors (Lipinski definition) is 0. The van der Waals surface area contributed by atoms with Crippen molar-refractivity contribution >= 4 is 0 Å². The minimum Gasteiger partial charge on any atom is -0.353 e. The molecule has 1 saturated carbocycles. The quantitative estimate of drug-likeness (QED) is 0.674. The van der Waals surface area contributed by atoms with Crippen molar-refractivity contribution in [2.24, 2.45) is 5.92 Å². The highest BCUT2D eigenvalue weighted by Gasteiger charge is 2.32. The van der Waals surface area contributed by atoms with Gasteiger partial charge < -0.3 is 9.47 Å². The molecule has 1 saturated heterocycles.